The Hall–Kier alpha value is -2.48. The van der Waals surface area contributed by atoms with Gasteiger partial charge in [0, 0.05) is 24.3 Å². The first-order valence-electron chi connectivity index (χ1n) is 6.96. The SMILES string of the molecule is C#Cc1ccc(-c2ccc(C#C)cc2)cc1.CCOCC. The van der Waals surface area contributed by atoms with E-state index >= 15 is 0 Å². The Labute approximate surface area is 128 Å². The van der Waals surface area contributed by atoms with Crippen LogP contribution in [0.2, 0.25) is 0 Å². The van der Waals surface area contributed by atoms with Crippen molar-refractivity contribution in [2.24, 2.45) is 0 Å². The molecule has 1 nitrogen and oxygen atoms in total. The molecule has 2 rings (SSSR count). The molecule has 21 heavy (non-hydrogen) atoms. The van der Waals surface area contributed by atoms with E-state index in [4.69, 9.17) is 17.6 Å². The van der Waals surface area contributed by atoms with Crippen molar-refractivity contribution in [2.45, 2.75) is 13.8 Å². The lowest BCUT2D eigenvalue weighted by molar-refractivity contribution is 0.162. The molecule has 0 fully saturated rings. The molecular formula is C20H20O. The molecule has 0 aliphatic rings. The molecule has 106 valence electrons. The van der Waals surface area contributed by atoms with Crippen LogP contribution in [0, 0.1) is 24.7 Å². The van der Waals surface area contributed by atoms with E-state index in [9.17, 15) is 0 Å². The minimum Gasteiger partial charge on any atom is -0.382 e. The van der Waals surface area contributed by atoms with Gasteiger partial charge in [0.05, 0.1) is 0 Å². The normalized spacial score (nSPS) is 8.95. The Balaban J connectivity index is 0.000000383. The van der Waals surface area contributed by atoms with E-state index in [-0.39, 0.29) is 0 Å². The molecule has 1 heteroatoms. The third-order valence-corrected chi connectivity index (χ3v) is 2.84. The van der Waals surface area contributed by atoms with Gasteiger partial charge >= 0.3 is 0 Å². The molecule has 0 amide bonds. The number of rotatable bonds is 3. The van der Waals surface area contributed by atoms with Crippen molar-refractivity contribution < 1.29 is 4.74 Å². The summed E-state index contributed by atoms with van der Waals surface area (Å²) in [6, 6.07) is 15.8. The Morgan fingerprint density at radius 2 is 1.05 bits per heavy atom. The second kappa shape index (κ2) is 9.43. The van der Waals surface area contributed by atoms with Gasteiger partial charge in [-0.1, -0.05) is 36.1 Å². The van der Waals surface area contributed by atoms with E-state index in [1.807, 2.05) is 62.4 Å². The highest BCUT2D eigenvalue weighted by molar-refractivity contribution is 5.65. The summed E-state index contributed by atoms with van der Waals surface area (Å²) >= 11 is 0. The number of benzene rings is 2. The maximum absolute atomic E-state index is 5.30. The highest BCUT2D eigenvalue weighted by atomic mass is 16.5. The van der Waals surface area contributed by atoms with E-state index in [0.29, 0.717) is 0 Å². The molecule has 0 spiro atoms. The maximum Gasteiger partial charge on any atom is 0.0437 e. The lowest BCUT2D eigenvalue weighted by Crippen LogP contribution is -1.84. The Bertz CT molecular complexity index is 549. The first-order chi connectivity index (χ1) is 10.2. The van der Waals surface area contributed by atoms with Crippen molar-refractivity contribution in [2.75, 3.05) is 13.2 Å². The van der Waals surface area contributed by atoms with Gasteiger partial charge in [-0.2, -0.15) is 0 Å². The molecule has 0 bridgehead atoms. The van der Waals surface area contributed by atoms with Gasteiger partial charge in [0.2, 0.25) is 0 Å². The van der Waals surface area contributed by atoms with Gasteiger partial charge in [0.15, 0.2) is 0 Å². The summed E-state index contributed by atoms with van der Waals surface area (Å²) in [5, 5.41) is 0. The fraction of sp³-hybridized carbons (Fsp3) is 0.200. The molecule has 0 aliphatic carbocycles. The average Bonchev–Trinajstić information content (AvgIpc) is 2.56. The molecule has 0 saturated carbocycles. The minimum absolute atomic E-state index is 0.844. The van der Waals surface area contributed by atoms with Gasteiger partial charge < -0.3 is 4.74 Å². The van der Waals surface area contributed by atoms with Crippen molar-refractivity contribution in [1.29, 1.82) is 0 Å². The summed E-state index contributed by atoms with van der Waals surface area (Å²) < 4.78 is 4.83. The maximum atomic E-state index is 5.30. The summed E-state index contributed by atoms with van der Waals surface area (Å²) in [6.07, 6.45) is 10.6. The van der Waals surface area contributed by atoms with Crippen LogP contribution in [0.3, 0.4) is 0 Å². The number of hydrogen-bond acceptors (Lipinski definition) is 1. The molecule has 0 unspecified atom stereocenters. The lowest BCUT2D eigenvalue weighted by Gasteiger charge is -2.01. The standard InChI is InChI=1S/C16H10.C4H10O/c1-3-13-5-9-15(10-6-13)16-11-7-14(4-2)8-12-16;1-3-5-4-2/h1-2,5-12H;3-4H2,1-2H3. The molecule has 0 aliphatic heterocycles. The fourth-order valence-electron chi connectivity index (χ4n) is 1.72. The van der Waals surface area contributed by atoms with Crippen molar-refractivity contribution in [3.05, 3.63) is 59.7 Å². The van der Waals surface area contributed by atoms with E-state index in [1.54, 1.807) is 0 Å². The zero-order valence-corrected chi connectivity index (χ0v) is 12.6. The van der Waals surface area contributed by atoms with Gasteiger partial charge in [-0.15, -0.1) is 12.8 Å². The van der Waals surface area contributed by atoms with Gasteiger partial charge in [0.25, 0.3) is 0 Å². The largest absolute Gasteiger partial charge is 0.382 e. The van der Waals surface area contributed by atoms with Crippen LogP contribution in [0.25, 0.3) is 11.1 Å². The van der Waals surface area contributed by atoms with Crippen molar-refractivity contribution in [3.8, 4) is 35.8 Å². The summed E-state index contributed by atoms with van der Waals surface area (Å²) in [4.78, 5) is 0. The van der Waals surface area contributed by atoms with Gasteiger partial charge in [-0.3, -0.25) is 0 Å². The summed E-state index contributed by atoms with van der Waals surface area (Å²) in [5.41, 5.74) is 4.07. The predicted molar refractivity (Wildman–Crippen MR) is 89.9 cm³/mol. The van der Waals surface area contributed by atoms with Crippen LogP contribution >= 0.6 is 0 Å². The second-order valence-corrected chi connectivity index (χ2v) is 4.22. The molecule has 0 N–H and O–H groups in total. The zero-order chi connectivity index (χ0) is 15.5. The molecule has 2 aromatic carbocycles. The molecule has 0 atom stereocenters. The Kier molecular flexibility index (Phi) is 7.44. The topological polar surface area (TPSA) is 9.23 Å². The third kappa shape index (κ3) is 5.57. The van der Waals surface area contributed by atoms with Gasteiger partial charge in [0.1, 0.15) is 0 Å². The van der Waals surface area contributed by atoms with Crippen LogP contribution in [0.15, 0.2) is 48.5 Å². The number of hydrogen-bond donors (Lipinski definition) is 0. The van der Waals surface area contributed by atoms with Crippen LogP contribution in [0.4, 0.5) is 0 Å². The second-order valence-electron chi connectivity index (χ2n) is 4.22. The third-order valence-electron chi connectivity index (χ3n) is 2.84. The monoisotopic (exact) mass is 276 g/mol. The molecule has 2 aromatic rings. The van der Waals surface area contributed by atoms with Crippen molar-refractivity contribution in [1.82, 2.24) is 0 Å². The Morgan fingerprint density at radius 1 is 0.714 bits per heavy atom. The van der Waals surface area contributed by atoms with E-state index in [0.717, 1.165) is 35.5 Å². The van der Waals surface area contributed by atoms with E-state index in [1.165, 1.54) is 0 Å². The van der Waals surface area contributed by atoms with Crippen LogP contribution in [-0.4, -0.2) is 13.2 Å². The van der Waals surface area contributed by atoms with E-state index in [2.05, 4.69) is 11.8 Å². The first-order valence-corrected chi connectivity index (χ1v) is 6.96. The fourth-order valence-corrected chi connectivity index (χ4v) is 1.72. The van der Waals surface area contributed by atoms with Gasteiger partial charge in [-0.25, -0.2) is 0 Å². The summed E-state index contributed by atoms with van der Waals surface area (Å²) in [5.74, 6) is 5.19. The van der Waals surface area contributed by atoms with Crippen molar-refractivity contribution >= 4 is 0 Å². The van der Waals surface area contributed by atoms with E-state index < -0.39 is 0 Å². The van der Waals surface area contributed by atoms with Crippen LogP contribution in [0.5, 0.6) is 0 Å². The van der Waals surface area contributed by atoms with Crippen LogP contribution < -0.4 is 0 Å². The smallest absolute Gasteiger partial charge is 0.0437 e. The number of ether oxygens (including phenoxy) is 1. The first kappa shape index (κ1) is 16.6. The van der Waals surface area contributed by atoms with Gasteiger partial charge in [-0.05, 0) is 49.2 Å². The minimum atomic E-state index is 0.844. The zero-order valence-electron chi connectivity index (χ0n) is 12.6. The summed E-state index contributed by atoms with van der Waals surface area (Å²) in [7, 11) is 0. The Morgan fingerprint density at radius 3 is 1.24 bits per heavy atom. The number of terminal acetylenes is 2. The van der Waals surface area contributed by atoms with Crippen molar-refractivity contribution in [3.63, 3.8) is 0 Å². The molecule has 0 radical (unpaired) electrons. The van der Waals surface area contributed by atoms with Crippen LogP contribution in [-0.2, 0) is 4.74 Å². The van der Waals surface area contributed by atoms with Crippen LogP contribution in [0.1, 0.15) is 25.0 Å². The summed E-state index contributed by atoms with van der Waals surface area (Å²) in [6.45, 7) is 5.67. The molecular weight excluding hydrogens is 256 g/mol. The highest BCUT2D eigenvalue weighted by Gasteiger charge is 1.96. The average molecular weight is 276 g/mol. The highest BCUT2D eigenvalue weighted by Crippen LogP contribution is 2.19. The quantitative estimate of drug-likeness (QED) is 0.757. The lowest BCUT2D eigenvalue weighted by atomic mass is 10.0. The predicted octanol–water partition coefficient (Wildman–Crippen LogP) is 4.36. The molecule has 0 aromatic heterocycles. The molecule has 0 heterocycles. The molecule has 0 saturated heterocycles.